The molecule has 168 valence electrons. The van der Waals surface area contributed by atoms with E-state index >= 15 is 0 Å². The Morgan fingerprint density at radius 2 is 1.58 bits per heavy atom. The molecule has 8 nitrogen and oxygen atoms in total. The topological polar surface area (TPSA) is 101 Å². The van der Waals surface area contributed by atoms with E-state index in [2.05, 4.69) is 11.4 Å². The highest BCUT2D eigenvalue weighted by Gasteiger charge is 2.43. The molecule has 0 radical (unpaired) electrons. The van der Waals surface area contributed by atoms with Crippen molar-refractivity contribution in [3.8, 4) is 23.3 Å². The smallest absolute Gasteiger partial charge is 0.235 e. The third-order valence-electron chi connectivity index (χ3n) is 5.85. The molecule has 4 rings (SSSR count). The molecule has 8 heteroatoms. The molecule has 0 spiro atoms. The minimum absolute atomic E-state index is 0.105. The predicted octanol–water partition coefficient (Wildman–Crippen LogP) is 3.00. The van der Waals surface area contributed by atoms with Gasteiger partial charge in [-0.1, -0.05) is 12.1 Å². The van der Waals surface area contributed by atoms with Crippen LogP contribution in [0.25, 0.3) is 0 Å². The average Bonchev–Trinajstić information content (AvgIpc) is 3.20. The van der Waals surface area contributed by atoms with Gasteiger partial charge >= 0.3 is 0 Å². The van der Waals surface area contributed by atoms with Crippen molar-refractivity contribution >= 4 is 11.8 Å². The number of rotatable bonds is 6. The molecule has 0 aromatic heterocycles. The standard InChI is InChI=1S/C25H23N3O5/c1-31-18-6-4-17(5-7-18)25(20-9-8-19(32-2)14-21(20)33-3)13-12-16(15-26)24(27-25)28-22(29)10-11-23(28)30/h4-9,12-14,27H,10-11H2,1-3H3. The van der Waals surface area contributed by atoms with Crippen LogP contribution in [0.1, 0.15) is 24.0 Å². The summed E-state index contributed by atoms with van der Waals surface area (Å²) in [6.45, 7) is 0. The quantitative estimate of drug-likeness (QED) is 0.682. The van der Waals surface area contributed by atoms with Crippen LogP contribution in [0.15, 0.2) is 66.0 Å². The van der Waals surface area contributed by atoms with Gasteiger partial charge in [0.2, 0.25) is 11.8 Å². The van der Waals surface area contributed by atoms with Crippen LogP contribution in [0.5, 0.6) is 17.2 Å². The maximum absolute atomic E-state index is 12.6. The van der Waals surface area contributed by atoms with Gasteiger partial charge in [-0.05, 0) is 42.0 Å². The van der Waals surface area contributed by atoms with Gasteiger partial charge in [-0.2, -0.15) is 5.26 Å². The maximum Gasteiger partial charge on any atom is 0.235 e. The van der Waals surface area contributed by atoms with Gasteiger partial charge in [0.05, 0.1) is 26.9 Å². The fourth-order valence-electron chi connectivity index (χ4n) is 4.13. The number of hydrogen-bond acceptors (Lipinski definition) is 7. The Hall–Kier alpha value is -4.25. The first kappa shape index (κ1) is 22.0. The number of nitriles is 1. The van der Waals surface area contributed by atoms with Gasteiger partial charge in [0.1, 0.15) is 34.7 Å². The van der Waals surface area contributed by atoms with Crippen molar-refractivity contribution in [2.45, 2.75) is 18.4 Å². The van der Waals surface area contributed by atoms with Crippen molar-refractivity contribution in [1.29, 1.82) is 5.26 Å². The number of carbonyl (C=O) groups excluding carboxylic acids is 2. The Kier molecular flexibility index (Phi) is 5.80. The van der Waals surface area contributed by atoms with Crippen molar-refractivity contribution in [3.63, 3.8) is 0 Å². The third kappa shape index (κ3) is 3.68. The predicted molar refractivity (Wildman–Crippen MR) is 119 cm³/mol. The molecular weight excluding hydrogens is 422 g/mol. The number of allylic oxidation sites excluding steroid dienone is 2. The number of imide groups is 1. The normalized spacial score (nSPS) is 19.9. The van der Waals surface area contributed by atoms with Gasteiger partial charge in [-0.25, -0.2) is 4.90 Å². The summed E-state index contributed by atoms with van der Waals surface area (Å²) in [7, 11) is 4.70. The first-order chi connectivity index (χ1) is 16.0. The number of methoxy groups -OCH3 is 3. The van der Waals surface area contributed by atoms with Crippen molar-refractivity contribution < 1.29 is 23.8 Å². The van der Waals surface area contributed by atoms with E-state index in [0.29, 0.717) is 22.8 Å². The Morgan fingerprint density at radius 1 is 0.939 bits per heavy atom. The fraction of sp³-hybridized carbons (Fsp3) is 0.240. The zero-order valence-corrected chi connectivity index (χ0v) is 18.5. The SMILES string of the molecule is COc1ccc(C2(c3ccc(OC)cc3OC)C=CC(C#N)=C(N3C(=O)CCC3=O)N2)cc1. The molecule has 2 aliphatic heterocycles. The average molecular weight is 445 g/mol. The second-order valence-corrected chi connectivity index (χ2v) is 7.56. The van der Waals surface area contributed by atoms with Crippen LogP contribution in [0.2, 0.25) is 0 Å². The molecule has 2 aliphatic rings. The molecule has 0 aliphatic carbocycles. The van der Waals surface area contributed by atoms with E-state index in [9.17, 15) is 14.9 Å². The zero-order valence-electron chi connectivity index (χ0n) is 18.5. The molecule has 0 saturated carbocycles. The van der Waals surface area contributed by atoms with E-state index in [0.717, 1.165) is 10.5 Å². The number of carbonyl (C=O) groups is 2. The van der Waals surface area contributed by atoms with Gasteiger partial charge in [-0.15, -0.1) is 0 Å². The Bertz CT molecular complexity index is 1190. The maximum atomic E-state index is 12.6. The first-order valence-electron chi connectivity index (χ1n) is 10.3. The summed E-state index contributed by atoms with van der Waals surface area (Å²) in [5.74, 6) is 1.27. The summed E-state index contributed by atoms with van der Waals surface area (Å²) >= 11 is 0. The summed E-state index contributed by atoms with van der Waals surface area (Å²) in [6, 6.07) is 14.9. The molecule has 0 bridgehead atoms. The zero-order chi connectivity index (χ0) is 23.6. The van der Waals surface area contributed by atoms with Crippen LogP contribution in [0.3, 0.4) is 0 Å². The fourth-order valence-corrected chi connectivity index (χ4v) is 4.13. The summed E-state index contributed by atoms with van der Waals surface area (Å²) in [4.78, 5) is 26.2. The lowest BCUT2D eigenvalue weighted by Gasteiger charge is -2.40. The largest absolute Gasteiger partial charge is 0.497 e. The van der Waals surface area contributed by atoms with E-state index in [1.165, 1.54) is 0 Å². The molecule has 2 amide bonds. The molecule has 1 N–H and O–H groups in total. The molecule has 1 atom stereocenters. The molecule has 2 heterocycles. The number of ether oxygens (including phenoxy) is 3. The summed E-state index contributed by atoms with van der Waals surface area (Å²) < 4.78 is 16.3. The number of benzene rings is 2. The highest BCUT2D eigenvalue weighted by molar-refractivity contribution is 6.04. The van der Waals surface area contributed by atoms with Gasteiger partial charge < -0.3 is 19.5 Å². The monoisotopic (exact) mass is 445 g/mol. The van der Waals surface area contributed by atoms with Crippen LogP contribution in [-0.4, -0.2) is 38.0 Å². The molecule has 1 fully saturated rings. The number of hydrogen-bond donors (Lipinski definition) is 1. The second kappa shape index (κ2) is 8.71. The van der Waals surface area contributed by atoms with Crippen molar-refractivity contribution in [2.75, 3.05) is 21.3 Å². The van der Waals surface area contributed by atoms with Crippen LogP contribution in [0, 0.1) is 11.3 Å². The van der Waals surface area contributed by atoms with Crippen molar-refractivity contribution in [1.82, 2.24) is 10.2 Å². The van der Waals surface area contributed by atoms with Gasteiger partial charge in [0.15, 0.2) is 0 Å². The number of likely N-dealkylation sites (tertiary alicyclic amines) is 1. The number of nitrogens with zero attached hydrogens (tertiary/aromatic N) is 2. The molecular formula is C25H23N3O5. The number of nitrogens with one attached hydrogen (secondary N) is 1. The summed E-state index contributed by atoms with van der Waals surface area (Å²) in [5.41, 5.74) is 0.635. The van der Waals surface area contributed by atoms with Gasteiger partial charge in [-0.3, -0.25) is 9.59 Å². The van der Waals surface area contributed by atoms with E-state index in [1.807, 2.05) is 36.4 Å². The third-order valence-corrected chi connectivity index (χ3v) is 5.85. The minimum atomic E-state index is -1.05. The van der Waals surface area contributed by atoms with E-state index in [1.54, 1.807) is 39.5 Å². The lowest BCUT2D eigenvalue weighted by molar-refractivity contribution is -0.136. The van der Waals surface area contributed by atoms with E-state index in [4.69, 9.17) is 14.2 Å². The van der Waals surface area contributed by atoms with Crippen LogP contribution in [-0.2, 0) is 15.1 Å². The molecule has 2 aromatic rings. The second-order valence-electron chi connectivity index (χ2n) is 7.56. The molecule has 1 unspecified atom stereocenters. The highest BCUT2D eigenvalue weighted by atomic mass is 16.5. The minimum Gasteiger partial charge on any atom is -0.497 e. The first-order valence-corrected chi connectivity index (χ1v) is 10.3. The summed E-state index contributed by atoms with van der Waals surface area (Å²) in [6.07, 6.45) is 3.66. The number of amides is 2. The highest BCUT2D eigenvalue weighted by Crippen LogP contribution is 2.42. The Labute approximate surface area is 191 Å². The molecule has 2 aromatic carbocycles. The van der Waals surface area contributed by atoms with Gasteiger partial charge in [0, 0.05) is 24.5 Å². The molecule has 33 heavy (non-hydrogen) atoms. The van der Waals surface area contributed by atoms with Crippen LogP contribution >= 0.6 is 0 Å². The van der Waals surface area contributed by atoms with Crippen molar-refractivity contribution in [2.24, 2.45) is 0 Å². The molecule has 1 saturated heterocycles. The summed E-state index contributed by atoms with van der Waals surface area (Å²) in [5, 5.41) is 13.1. The Balaban J connectivity index is 1.94. The van der Waals surface area contributed by atoms with E-state index in [-0.39, 0.29) is 36.1 Å². The van der Waals surface area contributed by atoms with E-state index < -0.39 is 5.54 Å². The van der Waals surface area contributed by atoms with Crippen molar-refractivity contribution in [3.05, 3.63) is 77.1 Å². The Morgan fingerprint density at radius 3 is 2.15 bits per heavy atom. The lowest BCUT2D eigenvalue weighted by atomic mass is 9.79. The van der Waals surface area contributed by atoms with Crippen LogP contribution in [0.4, 0.5) is 0 Å². The number of dihydropyridines is 1. The van der Waals surface area contributed by atoms with Gasteiger partial charge in [0.25, 0.3) is 0 Å². The van der Waals surface area contributed by atoms with Crippen LogP contribution < -0.4 is 19.5 Å². The lowest BCUT2D eigenvalue weighted by Crippen LogP contribution is -2.49.